The lowest BCUT2D eigenvalue weighted by Gasteiger charge is -2.22. The van der Waals surface area contributed by atoms with Gasteiger partial charge in [-0.2, -0.15) is 0 Å². The van der Waals surface area contributed by atoms with Crippen molar-refractivity contribution in [1.29, 1.82) is 0 Å². The molecule has 0 aliphatic heterocycles. The summed E-state index contributed by atoms with van der Waals surface area (Å²) in [7, 11) is 0. The van der Waals surface area contributed by atoms with E-state index in [2.05, 4.69) is 67.0 Å². The van der Waals surface area contributed by atoms with E-state index >= 15 is 0 Å². The van der Waals surface area contributed by atoms with Crippen LogP contribution in [0, 0.1) is 13.8 Å². The SMILES string of the molecule is CCCc1nccn1CC(NCC)c1cc(C)ccc1C. The largest absolute Gasteiger partial charge is 0.333 e. The van der Waals surface area contributed by atoms with Crippen LogP contribution in [0.5, 0.6) is 0 Å². The summed E-state index contributed by atoms with van der Waals surface area (Å²) >= 11 is 0. The Balaban J connectivity index is 2.26. The number of rotatable bonds is 7. The first-order valence-corrected chi connectivity index (χ1v) is 7.96. The first-order chi connectivity index (χ1) is 10.2. The second-order valence-electron chi connectivity index (χ2n) is 5.72. The van der Waals surface area contributed by atoms with E-state index in [0.717, 1.165) is 25.9 Å². The summed E-state index contributed by atoms with van der Waals surface area (Å²) in [5.41, 5.74) is 4.06. The van der Waals surface area contributed by atoms with E-state index in [1.54, 1.807) is 0 Å². The molecule has 0 saturated carbocycles. The number of hydrogen-bond acceptors (Lipinski definition) is 2. The fourth-order valence-corrected chi connectivity index (χ4v) is 2.81. The van der Waals surface area contributed by atoms with Gasteiger partial charge < -0.3 is 9.88 Å². The summed E-state index contributed by atoms with van der Waals surface area (Å²) in [6.07, 6.45) is 6.18. The van der Waals surface area contributed by atoms with Gasteiger partial charge in [-0.3, -0.25) is 0 Å². The van der Waals surface area contributed by atoms with Gasteiger partial charge in [0.25, 0.3) is 0 Å². The zero-order chi connectivity index (χ0) is 15.2. The summed E-state index contributed by atoms with van der Waals surface area (Å²) in [5, 5.41) is 3.63. The van der Waals surface area contributed by atoms with Crippen molar-refractivity contribution in [3.8, 4) is 0 Å². The third-order valence-electron chi connectivity index (χ3n) is 3.92. The average Bonchev–Trinajstić information content (AvgIpc) is 2.89. The second-order valence-corrected chi connectivity index (χ2v) is 5.72. The summed E-state index contributed by atoms with van der Waals surface area (Å²) in [4.78, 5) is 4.49. The quantitative estimate of drug-likeness (QED) is 0.838. The van der Waals surface area contributed by atoms with Crippen LogP contribution >= 0.6 is 0 Å². The second kappa shape index (κ2) is 7.41. The Kier molecular flexibility index (Phi) is 5.57. The van der Waals surface area contributed by atoms with E-state index in [1.165, 1.54) is 22.5 Å². The molecular formula is C18H27N3. The number of hydrogen-bond donors (Lipinski definition) is 1. The van der Waals surface area contributed by atoms with Gasteiger partial charge in [-0.1, -0.05) is 37.6 Å². The molecule has 0 saturated heterocycles. The van der Waals surface area contributed by atoms with Crippen LogP contribution in [0.15, 0.2) is 30.6 Å². The molecule has 0 bridgehead atoms. The van der Waals surface area contributed by atoms with Crippen LogP contribution in [0.2, 0.25) is 0 Å². The summed E-state index contributed by atoms with van der Waals surface area (Å²) in [5.74, 6) is 1.19. The van der Waals surface area contributed by atoms with Gasteiger partial charge in [0.1, 0.15) is 5.82 Å². The van der Waals surface area contributed by atoms with Crippen LogP contribution in [-0.2, 0) is 13.0 Å². The van der Waals surface area contributed by atoms with Crippen LogP contribution in [-0.4, -0.2) is 16.1 Å². The molecule has 0 radical (unpaired) electrons. The zero-order valence-corrected chi connectivity index (χ0v) is 13.7. The Hall–Kier alpha value is -1.61. The Morgan fingerprint density at radius 3 is 2.76 bits per heavy atom. The van der Waals surface area contributed by atoms with Gasteiger partial charge in [0.2, 0.25) is 0 Å². The summed E-state index contributed by atoms with van der Waals surface area (Å²) in [6, 6.07) is 7.04. The number of aromatic nitrogens is 2. The number of nitrogens with one attached hydrogen (secondary N) is 1. The fraction of sp³-hybridized carbons (Fsp3) is 0.500. The third-order valence-corrected chi connectivity index (χ3v) is 3.92. The number of imidazole rings is 1. The van der Waals surface area contributed by atoms with Crippen LogP contribution in [0.3, 0.4) is 0 Å². The van der Waals surface area contributed by atoms with Crippen LogP contribution in [0.25, 0.3) is 0 Å². The summed E-state index contributed by atoms with van der Waals surface area (Å²) in [6.45, 7) is 10.6. The molecule has 1 aromatic heterocycles. The van der Waals surface area contributed by atoms with Gasteiger partial charge in [-0.15, -0.1) is 0 Å². The minimum Gasteiger partial charge on any atom is -0.333 e. The van der Waals surface area contributed by atoms with Gasteiger partial charge in [-0.05, 0) is 37.9 Å². The molecule has 114 valence electrons. The van der Waals surface area contributed by atoms with Crippen molar-refractivity contribution >= 4 is 0 Å². The van der Waals surface area contributed by atoms with E-state index in [0.29, 0.717) is 6.04 Å². The molecule has 2 rings (SSSR count). The van der Waals surface area contributed by atoms with Gasteiger partial charge in [0.05, 0.1) is 6.04 Å². The van der Waals surface area contributed by atoms with E-state index in [1.807, 2.05) is 6.20 Å². The fourth-order valence-electron chi connectivity index (χ4n) is 2.81. The molecule has 1 N–H and O–H groups in total. The lowest BCUT2D eigenvalue weighted by molar-refractivity contribution is 0.462. The maximum absolute atomic E-state index is 4.49. The smallest absolute Gasteiger partial charge is 0.108 e. The topological polar surface area (TPSA) is 29.9 Å². The number of nitrogens with zero attached hydrogens (tertiary/aromatic N) is 2. The molecule has 2 aromatic rings. The first kappa shape index (κ1) is 15.8. The third kappa shape index (κ3) is 3.94. The Morgan fingerprint density at radius 2 is 2.05 bits per heavy atom. The molecule has 0 aliphatic carbocycles. The van der Waals surface area contributed by atoms with E-state index in [4.69, 9.17) is 0 Å². The predicted octanol–water partition coefficient (Wildman–Crippen LogP) is 3.80. The highest BCUT2D eigenvalue weighted by atomic mass is 15.1. The standard InChI is InChI=1S/C18H27N3/c1-5-7-18-20-10-11-21(18)13-17(19-6-2)16-12-14(3)8-9-15(16)4/h8-12,17,19H,5-7,13H2,1-4H3. The monoisotopic (exact) mass is 285 g/mol. The molecule has 0 aliphatic rings. The molecule has 0 amide bonds. The van der Waals surface area contributed by atoms with Crippen molar-refractivity contribution < 1.29 is 0 Å². The zero-order valence-electron chi connectivity index (χ0n) is 13.7. The Labute approximate surface area is 128 Å². The molecule has 3 nitrogen and oxygen atoms in total. The minimum absolute atomic E-state index is 0.333. The summed E-state index contributed by atoms with van der Waals surface area (Å²) < 4.78 is 2.29. The maximum atomic E-state index is 4.49. The molecule has 1 unspecified atom stereocenters. The van der Waals surface area contributed by atoms with Crippen molar-refractivity contribution in [2.24, 2.45) is 0 Å². The molecule has 1 heterocycles. The number of aryl methyl sites for hydroxylation is 3. The molecule has 3 heteroatoms. The molecular weight excluding hydrogens is 258 g/mol. The molecule has 1 atom stereocenters. The number of likely N-dealkylation sites (N-methyl/N-ethyl adjacent to an activating group) is 1. The Bertz CT molecular complexity index is 572. The van der Waals surface area contributed by atoms with Gasteiger partial charge in [-0.25, -0.2) is 4.98 Å². The van der Waals surface area contributed by atoms with Crippen LogP contribution < -0.4 is 5.32 Å². The minimum atomic E-state index is 0.333. The maximum Gasteiger partial charge on any atom is 0.108 e. The van der Waals surface area contributed by atoms with Gasteiger partial charge in [0.15, 0.2) is 0 Å². The molecule has 21 heavy (non-hydrogen) atoms. The average molecular weight is 285 g/mol. The van der Waals surface area contributed by atoms with E-state index in [9.17, 15) is 0 Å². The molecule has 0 spiro atoms. The normalized spacial score (nSPS) is 12.6. The predicted molar refractivity (Wildman–Crippen MR) is 88.6 cm³/mol. The Morgan fingerprint density at radius 1 is 1.24 bits per heavy atom. The van der Waals surface area contributed by atoms with Crippen molar-refractivity contribution in [3.05, 3.63) is 53.1 Å². The van der Waals surface area contributed by atoms with Crippen LogP contribution in [0.4, 0.5) is 0 Å². The highest BCUT2D eigenvalue weighted by molar-refractivity contribution is 5.33. The van der Waals surface area contributed by atoms with Crippen molar-refractivity contribution in [2.45, 2.75) is 53.1 Å². The van der Waals surface area contributed by atoms with Gasteiger partial charge in [0, 0.05) is 25.4 Å². The highest BCUT2D eigenvalue weighted by Gasteiger charge is 2.15. The van der Waals surface area contributed by atoms with E-state index in [-0.39, 0.29) is 0 Å². The molecule has 1 aromatic carbocycles. The lowest BCUT2D eigenvalue weighted by atomic mass is 9.98. The first-order valence-electron chi connectivity index (χ1n) is 7.96. The lowest BCUT2D eigenvalue weighted by Crippen LogP contribution is -2.26. The van der Waals surface area contributed by atoms with Crippen molar-refractivity contribution in [3.63, 3.8) is 0 Å². The highest BCUT2D eigenvalue weighted by Crippen LogP contribution is 2.21. The number of benzene rings is 1. The van der Waals surface area contributed by atoms with Gasteiger partial charge >= 0.3 is 0 Å². The van der Waals surface area contributed by atoms with Crippen molar-refractivity contribution in [1.82, 2.24) is 14.9 Å². The van der Waals surface area contributed by atoms with Crippen molar-refractivity contribution in [2.75, 3.05) is 6.54 Å². The van der Waals surface area contributed by atoms with E-state index < -0.39 is 0 Å². The molecule has 0 fully saturated rings. The van der Waals surface area contributed by atoms with Crippen LogP contribution in [0.1, 0.15) is 48.8 Å².